The molecule has 1 atom stereocenters. The molecule has 0 aliphatic rings. The van der Waals surface area contributed by atoms with Gasteiger partial charge in [-0.2, -0.15) is 5.10 Å². The highest BCUT2D eigenvalue weighted by Gasteiger charge is 2.19. The van der Waals surface area contributed by atoms with Crippen LogP contribution in [0.2, 0.25) is 0 Å². The molecule has 0 saturated carbocycles. The third-order valence-electron chi connectivity index (χ3n) is 3.38. The van der Waals surface area contributed by atoms with E-state index in [1.54, 1.807) is 7.05 Å². The zero-order valence-electron chi connectivity index (χ0n) is 12.4. The minimum Gasteiger partial charge on any atom is -0.436 e. The average Bonchev–Trinajstić information content (AvgIpc) is 2.68. The molecule has 1 heterocycles. The quantitative estimate of drug-likeness (QED) is 0.922. The van der Waals surface area contributed by atoms with Crippen molar-refractivity contribution in [3.05, 3.63) is 41.1 Å². The summed E-state index contributed by atoms with van der Waals surface area (Å²) in [6, 6.07) is 3.18. The van der Waals surface area contributed by atoms with E-state index in [2.05, 4.69) is 5.10 Å². The molecular weight excluding hydrogens is 276 g/mol. The molecule has 0 spiro atoms. The summed E-state index contributed by atoms with van der Waals surface area (Å²) in [5, 5.41) is 4.28. The summed E-state index contributed by atoms with van der Waals surface area (Å²) >= 11 is 0. The van der Waals surface area contributed by atoms with Crippen molar-refractivity contribution in [2.24, 2.45) is 12.8 Å². The minimum absolute atomic E-state index is 0.0201. The first kappa shape index (κ1) is 15.4. The Labute approximate surface area is 122 Å². The summed E-state index contributed by atoms with van der Waals surface area (Å²) in [7, 11) is 1.71. The molecule has 1 aromatic carbocycles. The molecule has 0 aliphatic heterocycles. The van der Waals surface area contributed by atoms with Crippen LogP contribution in [0.4, 0.5) is 8.78 Å². The van der Waals surface area contributed by atoms with Gasteiger partial charge in [0.2, 0.25) is 5.88 Å². The van der Waals surface area contributed by atoms with E-state index in [1.807, 2.05) is 13.8 Å². The van der Waals surface area contributed by atoms with Crippen molar-refractivity contribution >= 4 is 0 Å². The van der Waals surface area contributed by atoms with Crippen molar-refractivity contribution in [3.63, 3.8) is 0 Å². The minimum atomic E-state index is -0.750. The summed E-state index contributed by atoms with van der Waals surface area (Å²) < 4.78 is 33.8. The first-order chi connectivity index (χ1) is 9.92. The predicted molar refractivity (Wildman–Crippen MR) is 76.3 cm³/mol. The first-order valence-electron chi connectivity index (χ1n) is 6.83. The topological polar surface area (TPSA) is 53.1 Å². The Morgan fingerprint density at radius 2 is 2.10 bits per heavy atom. The molecule has 1 unspecified atom stereocenters. The van der Waals surface area contributed by atoms with Gasteiger partial charge in [0.15, 0.2) is 11.6 Å². The van der Waals surface area contributed by atoms with E-state index in [4.69, 9.17) is 10.5 Å². The molecule has 2 rings (SSSR count). The average molecular weight is 295 g/mol. The van der Waals surface area contributed by atoms with E-state index < -0.39 is 11.6 Å². The molecule has 0 fully saturated rings. The number of ether oxygens (including phenoxy) is 1. The fraction of sp³-hybridized carbons (Fsp3) is 0.400. The van der Waals surface area contributed by atoms with Gasteiger partial charge >= 0.3 is 0 Å². The number of benzene rings is 1. The number of nitrogens with zero attached hydrogens (tertiary/aromatic N) is 2. The Kier molecular flexibility index (Phi) is 4.57. The second-order valence-corrected chi connectivity index (χ2v) is 5.04. The third kappa shape index (κ3) is 3.39. The van der Waals surface area contributed by atoms with E-state index in [9.17, 15) is 8.78 Å². The number of aromatic nitrogens is 2. The van der Waals surface area contributed by atoms with Crippen LogP contribution in [-0.2, 0) is 13.5 Å². The van der Waals surface area contributed by atoms with Crippen LogP contribution in [0.5, 0.6) is 11.6 Å². The van der Waals surface area contributed by atoms with Crippen molar-refractivity contribution in [1.82, 2.24) is 9.78 Å². The molecular formula is C15H19F2N3O. The lowest BCUT2D eigenvalue weighted by atomic mass is 10.1. The molecule has 0 amide bonds. The van der Waals surface area contributed by atoms with Gasteiger partial charge in [-0.3, -0.25) is 0 Å². The molecule has 1 aromatic heterocycles. The van der Waals surface area contributed by atoms with Crippen LogP contribution in [0.25, 0.3) is 0 Å². The second-order valence-electron chi connectivity index (χ2n) is 5.04. The number of nitrogens with two attached hydrogens (primary N) is 1. The smallest absolute Gasteiger partial charge is 0.221 e. The molecule has 0 radical (unpaired) electrons. The van der Waals surface area contributed by atoms with Crippen LogP contribution in [0.1, 0.15) is 24.6 Å². The normalized spacial score (nSPS) is 12.5. The van der Waals surface area contributed by atoms with Crippen LogP contribution < -0.4 is 10.5 Å². The van der Waals surface area contributed by atoms with Crippen molar-refractivity contribution in [1.29, 1.82) is 0 Å². The van der Waals surface area contributed by atoms with Crippen molar-refractivity contribution in [2.75, 3.05) is 0 Å². The lowest BCUT2D eigenvalue weighted by Gasteiger charge is -2.12. The van der Waals surface area contributed by atoms with Crippen LogP contribution in [-0.4, -0.2) is 15.8 Å². The maximum absolute atomic E-state index is 13.7. The lowest BCUT2D eigenvalue weighted by Crippen LogP contribution is -2.21. The zero-order chi connectivity index (χ0) is 15.6. The largest absolute Gasteiger partial charge is 0.436 e. The van der Waals surface area contributed by atoms with Gasteiger partial charge < -0.3 is 10.5 Å². The van der Waals surface area contributed by atoms with E-state index in [0.29, 0.717) is 12.3 Å². The molecule has 2 N–H and O–H groups in total. The Morgan fingerprint density at radius 3 is 2.71 bits per heavy atom. The highest BCUT2D eigenvalue weighted by Crippen LogP contribution is 2.30. The maximum Gasteiger partial charge on any atom is 0.221 e. The highest BCUT2D eigenvalue weighted by molar-refractivity contribution is 5.37. The SMILES string of the molecule is CCC(N)Cc1c(C)nn(C)c1Oc1ccc(F)cc1F. The first-order valence-corrected chi connectivity index (χ1v) is 6.83. The number of rotatable bonds is 5. The highest BCUT2D eigenvalue weighted by atomic mass is 19.1. The van der Waals surface area contributed by atoms with Gasteiger partial charge in [0.25, 0.3) is 0 Å². The number of aryl methyl sites for hydroxylation is 2. The zero-order valence-corrected chi connectivity index (χ0v) is 12.4. The Bertz CT molecular complexity index is 640. The summed E-state index contributed by atoms with van der Waals surface area (Å²) in [6.45, 7) is 3.85. The standard InChI is InChI=1S/C15H19F2N3O/c1-4-11(18)8-12-9(2)19-20(3)15(12)21-14-6-5-10(16)7-13(14)17/h5-7,11H,4,8,18H2,1-3H3. The van der Waals surface area contributed by atoms with Gasteiger partial charge in [-0.1, -0.05) is 6.92 Å². The molecule has 2 aromatic rings. The monoisotopic (exact) mass is 295 g/mol. The van der Waals surface area contributed by atoms with Crippen molar-refractivity contribution in [3.8, 4) is 11.6 Å². The summed E-state index contributed by atoms with van der Waals surface area (Å²) in [5.74, 6) is -0.999. The fourth-order valence-electron chi connectivity index (χ4n) is 2.11. The number of halogens is 2. The van der Waals surface area contributed by atoms with Crippen molar-refractivity contribution in [2.45, 2.75) is 32.7 Å². The van der Waals surface area contributed by atoms with E-state index in [-0.39, 0.29) is 11.8 Å². The maximum atomic E-state index is 13.7. The van der Waals surface area contributed by atoms with Gasteiger partial charge in [0.1, 0.15) is 5.82 Å². The molecule has 0 bridgehead atoms. The fourth-order valence-corrected chi connectivity index (χ4v) is 2.11. The van der Waals surface area contributed by atoms with E-state index >= 15 is 0 Å². The lowest BCUT2D eigenvalue weighted by molar-refractivity contribution is 0.395. The molecule has 21 heavy (non-hydrogen) atoms. The number of hydrogen-bond acceptors (Lipinski definition) is 3. The Balaban J connectivity index is 2.34. The molecule has 6 heteroatoms. The van der Waals surface area contributed by atoms with Crippen LogP contribution in [0.3, 0.4) is 0 Å². The third-order valence-corrected chi connectivity index (χ3v) is 3.38. The van der Waals surface area contributed by atoms with Gasteiger partial charge in [0.05, 0.1) is 5.69 Å². The second kappa shape index (κ2) is 6.22. The van der Waals surface area contributed by atoms with Crippen LogP contribution in [0.15, 0.2) is 18.2 Å². The molecule has 4 nitrogen and oxygen atoms in total. The van der Waals surface area contributed by atoms with E-state index in [0.717, 1.165) is 29.8 Å². The van der Waals surface area contributed by atoms with Crippen LogP contribution in [0, 0.1) is 18.6 Å². The number of hydrogen-bond donors (Lipinski definition) is 1. The summed E-state index contributed by atoms with van der Waals surface area (Å²) in [6.07, 6.45) is 1.41. The van der Waals surface area contributed by atoms with Crippen molar-refractivity contribution < 1.29 is 13.5 Å². The molecule has 0 aliphatic carbocycles. The van der Waals surface area contributed by atoms with Gasteiger partial charge in [0, 0.05) is 24.7 Å². The van der Waals surface area contributed by atoms with E-state index in [1.165, 1.54) is 10.7 Å². The Morgan fingerprint density at radius 1 is 1.38 bits per heavy atom. The summed E-state index contributed by atoms with van der Waals surface area (Å²) in [4.78, 5) is 0. The predicted octanol–water partition coefficient (Wildman–Crippen LogP) is 3.08. The molecule has 114 valence electrons. The Hall–Kier alpha value is -1.95. The molecule has 0 saturated heterocycles. The van der Waals surface area contributed by atoms with Crippen LogP contribution >= 0.6 is 0 Å². The summed E-state index contributed by atoms with van der Waals surface area (Å²) in [5.41, 5.74) is 7.61. The van der Waals surface area contributed by atoms with Gasteiger partial charge in [-0.15, -0.1) is 0 Å². The van der Waals surface area contributed by atoms with Gasteiger partial charge in [-0.25, -0.2) is 13.5 Å². The van der Waals surface area contributed by atoms with Gasteiger partial charge in [-0.05, 0) is 31.9 Å².